The number of rotatable bonds is 8. The van der Waals surface area contributed by atoms with Crippen molar-refractivity contribution in [3.05, 3.63) is 17.5 Å². The van der Waals surface area contributed by atoms with E-state index in [0.29, 0.717) is 0 Å². The van der Waals surface area contributed by atoms with E-state index in [9.17, 15) is 10.0 Å². The Morgan fingerprint density at radius 3 is 2.53 bits per heavy atom. The molecule has 1 atom stereocenters. The van der Waals surface area contributed by atoms with Crippen molar-refractivity contribution in [3.8, 4) is 0 Å². The number of hydrogen-bond acceptors (Lipinski definition) is 2. The van der Waals surface area contributed by atoms with E-state index in [1.165, 1.54) is 33.2 Å². The molecule has 88 valence electrons. The third-order valence-electron chi connectivity index (χ3n) is 2.18. The molecule has 0 heterocycles. The normalized spacial score (nSPS) is 15.5. The number of carbonyl (C=O) groups is 1. The smallest absolute Gasteiger partial charge is 0.184 e. The number of nitrogens with zero attached hydrogens (tertiary/aromatic N) is 1. The van der Waals surface area contributed by atoms with Crippen LogP contribution in [0.2, 0.25) is 0 Å². The molecule has 0 radical (unpaired) electrons. The van der Waals surface area contributed by atoms with Gasteiger partial charge in [0.1, 0.15) is 6.54 Å². The first kappa shape index (κ1) is 14.3. The standard InChI is InChI=1S/C12H23NO2/c1-4-5-6-7-8-9-10-13(3,15)11-12(2)14/h9-10H,4-8,11H2,1-3H3/b10-9-. The van der Waals surface area contributed by atoms with Crippen LogP contribution in [0.3, 0.4) is 0 Å². The van der Waals surface area contributed by atoms with Crippen molar-refractivity contribution in [1.82, 2.24) is 0 Å². The van der Waals surface area contributed by atoms with E-state index >= 15 is 0 Å². The predicted molar refractivity (Wildman–Crippen MR) is 63.0 cm³/mol. The highest BCUT2D eigenvalue weighted by atomic mass is 16.5. The second kappa shape index (κ2) is 7.60. The van der Waals surface area contributed by atoms with Crippen molar-refractivity contribution in [2.75, 3.05) is 13.6 Å². The molecular formula is C12H23NO2. The molecule has 0 spiro atoms. The highest BCUT2D eigenvalue weighted by Crippen LogP contribution is 2.06. The van der Waals surface area contributed by atoms with Gasteiger partial charge in [-0.05, 0) is 18.9 Å². The van der Waals surface area contributed by atoms with Crippen molar-refractivity contribution >= 4 is 5.78 Å². The Labute approximate surface area is 92.9 Å². The van der Waals surface area contributed by atoms with E-state index in [-0.39, 0.29) is 12.3 Å². The van der Waals surface area contributed by atoms with Crippen LogP contribution < -0.4 is 0 Å². The largest absolute Gasteiger partial charge is 0.628 e. The Kier molecular flexibility index (Phi) is 7.26. The lowest BCUT2D eigenvalue weighted by Crippen LogP contribution is -2.35. The minimum atomic E-state index is -0.580. The predicted octanol–water partition coefficient (Wildman–Crippen LogP) is 3.00. The van der Waals surface area contributed by atoms with Gasteiger partial charge < -0.3 is 9.85 Å². The van der Waals surface area contributed by atoms with E-state index in [1.807, 2.05) is 6.08 Å². The molecule has 0 aromatic heterocycles. The fourth-order valence-corrected chi connectivity index (χ4v) is 1.48. The van der Waals surface area contributed by atoms with Gasteiger partial charge in [-0.3, -0.25) is 4.79 Å². The molecule has 0 aliphatic rings. The summed E-state index contributed by atoms with van der Waals surface area (Å²) in [6.07, 6.45) is 9.24. The van der Waals surface area contributed by atoms with Crippen LogP contribution in [-0.4, -0.2) is 24.0 Å². The summed E-state index contributed by atoms with van der Waals surface area (Å²) >= 11 is 0. The quantitative estimate of drug-likeness (QED) is 0.353. The third kappa shape index (κ3) is 9.63. The number of Topliss-reactive ketones (excluding diaryl/α,β-unsaturated/α-hetero) is 1. The molecule has 0 saturated heterocycles. The highest BCUT2D eigenvalue weighted by molar-refractivity contribution is 5.76. The van der Waals surface area contributed by atoms with Gasteiger partial charge in [0.05, 0.1) is 13.2 Å². The molecule has 0 aromatic carbocycles. The van der Waals surface area contributed by atoms with E-state index in [2.05, 4.69) is 6.92 Å². The highest BCUT2D eigenvalue weighted by Gasteiger charge is 2.08. The Hall–Kier alpha value is -0.670. The van der Waals surface area contributed by atoms with Crippen LogP contribution >= 0.6 is 0 Å². The Morgan fingerprint density at radius 2 is 2.00 bits per heavy atom. The molecule has 0 bridgehead atoms. The van der Waals surface area contributed by atoms with Crippen molar-refractivity contribution in [2.45, 2.75) is 46.0 Å². The molecule has 0 fully saturated rings. The van der Waals surface area contributed by atoms with Gasteiger partial charge in [-0.1, -0.05) is 26.2 Å². The molecule has 0 aromatic rings. The molecule has 0 N–H and O–H groups in total. The summed E-state index contributed by atoms with van der Waals surface area (Å²) in [6.45, 7) is 3.66. The average molecular weight is 213 g/mol. The van der Waals surface area contributed by atoms with E-state index < -0.39 is 4.65 Å². The molecule has 3 nitrogen and oxygen atoms in total. The molecule has 0 saturated carbocycles. The lowest BCUT2D eigenvalue weighted by molar-refractivity contribution is -0.798. The minimum absolute atomic E-state index is 0.0332. The number of quaternary nitrogens is 1. The lowest BCUT2D eigenvalue weighted by atomic mass is 10.1. The molecule has 0 aliphatic carbocycles. The lowest BCUT2D eigenvalue weighted by Gasteiger charge is -2.33. The number of carbonyl (C=O) groups excluding carboxylic acids is 1. The number of allylic oxidation sites excluding steroid dienone is 1. The maximum Gasteiger partial charge on any atom is 0.184 e. The molecule has 0 rings (SSSR count). The molecule has 3 heteroatoms. The zero-order chi connectivity index (χ0) is 11.7. The second-order valence-corrected chi connectivity index (χ2v) is 4.27. The zero-order valence-corrected chi connectivity index (χ0v) is 10.2. The number of likely N-dealkylation sites (N-methyl/N-ethyl adjacent to an activating group) is 1. The van der Waals surface area contributed by atoms with Gasteiger partial charge in [-0.2, -0.15) is 0 Å². The first-order chi connectivity index (χ1) is 6.98. The van der Waals surface area contributed by atoms with Crippen molar-refractivity contribution in [2.24, 2.45) is 0 Å². The number of unbranched alkanes of at least 4 members (excludes halogenated alkanes) is 4. The van der Waals surface area contributed by atoms with Gasteiger partial charge in [0.15, 0.2) is 5.78 Å². The van der Waals surface area contributed by atoms with Crippen molar-refractivity contribution < 1.29 is 9.44 Å². The first-order valence-electron chi connectivity index (χ1n) is 5.71. The van der Waals surface area contributed by atoms with Gasteiger partial charge >= 0.3 is 0 Å². The number of hydroxylamine groups is 3. The van der Waals surface area contributed by atoms with E-state index in [0.717, 1.165) is 12.8 Å². The van der Waals surface area contributed by atoms with Crippen LogP contribution in [0.15, 0.2) is 12.3 Å². The number of ketones is 1. The Morgan fingerprint density at radius 1 is 1.33 bits per heavy atom. The topological polar surface area (TPSA) is 40.1 Å². The van der Waals surface area contributed by atoms with Crippen LogP contribution in [0, 0.1) is 5.21 Å². The summed E-state index contributed by atoms with van der Waals surface area (Å²) in [5.74, 6) is -0.0665. The van der Waals surface area contributed by atoms with Gasteiger partial charge in [0.2, 0.25) is 0 Å². The Bertz CT molecular complexity index is 210. The minimum Gasteiger partial charge on any atom is -0.628 e. The van der Waals surface area contributed by atoms with Gasteiger partial charge in [0.25, 0.3) is 0 Å². The SMILES string of the molecule is CCCCCC/C=C\[N+](C)([O-])CC(C)=O. The maximum absolute atomic E-state index is 11.6. The van der Waals surface area contributed by atoms with Crippen molar-refractivity contribution in [3.63, 3.8) is 0 Å². The molecular weight excluding hydrogens is 190 g/mol. The second-order valence-electron chi connectivity index (χ2n) is 4.27. The van der Waals surface area contributed by atoms with Crippen LogP contribution in [0.25, 0.3) is 0 Å². The average Bonchev–Trinajstić information content (AvgIpc) is 2.08. The van der Waals surface area contributed by atoms with E-state index in [4.69, 9.17) is 0 Å². The fourth-order valence-electron chi connectivity index (χ4n) is 1.48. The molecule has 0 aliphatic heterocycles. The van der Waals surface area contributed by atoms with Crippen LogP contribution in [-0.2, 0) is 4.79 Å². The zero-order valence-electron chi connectivity index (χ0n) is 10.2. The molecule has 15 heavy (non-hydrogen) atoms. The van der Waals surface area contributed by atoms with Crippen molar-refractivity contribution in [1.29, 1.82) is 0 Å². The molecule has 1 unspecified atom stereocenters. The first-order valence-corrected chi connectivity index (χ1v) is 5.71. The van der Waals surface area contributed by atoms with Crippen LogP contribution in [0.5, 0.6) is 0 Å². The summed E-state index contributed by atoms with van der Waals surface area (Å²) < 4.78 is -0.580. The summed E-state index contributed by atoms with van der Waals surface area (Å²) in [7, 11) is 1.50. The fraction of sp³-hybridized carbons (Fsp3) is 0.750. The van der Waals surface area contributed by atoms with Gasteiger partial charge in [0, 0.05) is 6.92 Å². The summed E-state index contributed by atoms with van der Waals surface area (Å²) in [6, 6.07) is 0. The summed E-state index contributed by atoms with van der Waals surface area (Å²) in [5.41, 5.74) is 0. The maximum atomic E-state index is 11.6. The summed E-state index contributed by atoms with van der Waals surface area (Å²) in [4.78, 5) is 10.8. The van der Waals surface area contributed by atoms with Crippen LogP contribution in [0.1, 0.15) is 46.0 Å². The van der Waals surface area contributed by atoms with Gasteiger partial charge in [-0.15, -0.1) is 0 Å². The molecule has 0 amide bonds. The third-order valence-corrected chi connectivity index (χ3v) is 2.18. The monoisotopic (exact) mass is 213 g/mol. The van der Waals surface area contributed by atoms with Gasteiger partial charge in [-0.25, -0.2) is 0 Å². The Balaban J connectivity index is 3.69. The summed E-state index contributed by atoms with van der Waals surface area (Å²) in [5, 5.41) is 11.6. The van der Waals surface area contributed by atoms with Crippen LogP contribution in [0.4, 0.5) is 0 Å². The number of hydrogen-bond donors (Lipinski definition) is 0. The van der Waals surface area contributed by atoms with E-state index in [1.54, 1.807) is 6.20 Å².